The lowest BCUT2D eigenvalue weighted by Crippen LogP contribution is -2.03. The summed E-state index contributed by atoms with van der Waals surface area (Å²) in [6.45, 7) is 4.37. The Hall–Kier alpha value is -3.99. The van der Waals surface area contributed by atoms with Gasteiger partial charge in [0.05, 0.1) is 19.8 Å². The van der Waals surface area contributed by atoms with Crippen LogP contribution in [0.25, 0.3) is 6.08 Å². The van der Waals surface area contributed by atoms with Crippen LogP contribution < -0.4 is 18.9 Å². The minimum Gasteiger partial charge on any atom is -0.493 e. The number of ketones is 1. The molecule has 0 bridgehead atoms. The van der Waals surface area contributed by atoms with Crippen molar-refractivity contribution in [1.29, 1.82) is 0 Å². The highest BCUT2D eigenvalue weighted by Crippen LogP contribution is 2.29. The van der Waals surface area contributed by atoms with E-state index in [1.807, 2.05) is 36.4 Å². The molecule has 32 heavy (non-hydrogen) atoms. The summed E-state index contributed by atoms with van der Waals surface area (Å²) >= 11 is 0. The lowest BCUT2D eigenvalue weighted by Gasteiger charge is -2.12. The zero-order valence-electron chi connectivity index (χ0n) is 18.2. The lowest BCUT2D eigenvalue weighted by atomic mass is 10.1. The van der Waals surface area contributed by atoms with Gasteiger partial charge in [0, 0.05) is 0 Å². The van der Waals surface area contributed by atoms with Gasteiger partial charge < -0.3 is 18.9 Å². The molecule has 3 aromatic rings. The van der Waals surface area contributed by atoms with Crippen LogP contribution in [0.2, 0.25) is 0 Å². The number of carbonyl (C=O) groups is 1. The number of hydrogen-bond donors (Lipinski definition) is 0. The van der Waals surface area contributed by atoms with E-state index in [1.165, 1.54) is 6.08 Å². The minimum atomic E-state index is -0.205. The van der Waals surface area contributed by atoms with Crippen molar-refractivity contribution in [2.75, 3.05) is 20.8 Å². The molecule has 0 N–H and O–H groups in total. The van der Waals surface area contributed by atoms with Gasteiger partial charge in [-0.2, -0.15) is 0 Å². The largest absolute Gasteiger partial charge is 0.493 e. The number of hydrogen-bond acceptors (Lipinski definition) is 5. The molecular formula is C27H26O5. The number of rotatable bonds is 11. The van der Waals surface area contributed by atoms with E-state index in [4.69, 9.17) is 18.9 Å². The Balaban J connectivity index is 1.81. The van der Waals surface area contributed by atoms with Crippen LogP contribution in [0.5, 0.6) is 23.0 Å². The van der Waals surface area contributed by atoms with Crippen molar-refractivity contribution in [2.45, 2.75) is 6.61 Å². The summed E-state index contributed by atoms with van der Waals surface area (Å²) in [5, 5.41) is 0. The molecule has 0 aliphatic heterocycles. The van der Waals surface area contributed by atoms with Gasteiger partial charge in [-0.15, -0.1) is 0 Å². The van der Waals surface area contributed by atoms with Gasteiger partial charge in [0.1, 0.15) is 24.7 Å². The molecule has 0 saturated carbocycles. The van der Waals surface area contributed by atoms with Crippen LogP contribution in [0.3, 0.4) is 0 Å². The van der Waals surface area contributed by atoms with Crippen molar-refractivity contribution in [3.63, 3.8) is 0 Å². The average molecular weight is 431 g/mol. The molecule has 0 aliphatic rings. The van der Waals surface area contributed by atoms with Crippen molar-refractivity contribution >= 4 is 11.9 Å². The Morgan fingerprint density at radius 3 is 2.34 bits per heavy atom. The molecule has 3 aromatic carbocycles. The molecule has 0 heterocycles. The maximum atomic E-state index is 13.0. The molecule has 5 heteroatoms. The second kappa shape index (κ2) is 11.4. The third-order valence-electron chi connectivity index (χ3n) is 4.66. The normalized spacial score (nSPS) is 10.6. The smallest absolute Gasteiger partial charge is 0.189 e. The zero-order chi connectivity index (χ0) is 22.8. The summed E-state index contributed by atoms with van der Waals surface area (Å²) in [4.78, 5) is 13.0. The number of methoxy groups -OCH3 is 2. The van der Waals surface area contributed by atoms with E-state index in [2.05, 4.69) is 6.58 Å². The van der Waals surface area contributed by atoms with Gasteiger partial charge in [-0.1, -0.05) is 55.1 Å². The Morgan fingerprint density at radius 1 is 0.875 bits per heavy atom. The first kappa shape index (κ1) is 22.7. The summed E-state index contributed by atoms with van der Waals surface area (Å²) in [5.41, 5.74) is 2.26. The number of carbonyl (C=O) groups excluding carboxylic acids is 1. The monoisotopic (exact) mass is 430 g/mol. The predicted molar refractivity (Wildman–Crippen MR) is 126 cm³/mol. The molecule has 0 aromatic heterocycles. The molecule has 0 spiro atoms. The first-order valence-corrected chi connectivity index (χ1v) is 10.1. The highest BCUT2D eigenvalue weighted by atomic mass is 16.5. The summed E-state index contributed by atoms with van der Waals surface area (Å²) in [6, 6.07) is 20.5. The van der Waals surface area contributed by atoms with Gasteiger partial charge in [0.25, 0.3) is 0 Å². The molecule has 0 atom stereocenters. The maximum Gasteiger partial charge on any atom is 0.189 e. The zero-order valence-corrected chi connectivity index (χ0v) is 18.2. The van der Waals surface area contributed by atoms with Crippen molar-refractivity contribution in [1.82, 2.24) is 0 Å². The van der Waals surface area contributed by atoms with Crippen molar-refractivity contribution in [3.05, 3.63) is 102 Å². The summed E-state index contributed by atoms with van der Waals surface area (Å²) in [5.74, 6) is 2.07. The van der Waals surface area contributed by atoms with Gasteiger partial charge in [0.2, 0.25) is 0 Å². The van der Waals surface area contributed by atoms with Gasteiger partial charge in [0.15, 0.2) is 17.3 Å². The lowest BCUT2D eigenvalue weighted by molar-refractivity contribution is 0.104. The van der Waals surface area contributed by atoms with E-state index >= 15 is 0 Å². The standard InChI is InChI=1S/C27H26O5/c1-4-16-31-25-15-12-22(32-19-21-8-6-5-7-9-21)18-23(25)24(28)13-10-20-11-14-26(29-2)27(17-20)30-3/h4-15,17-18H,1,16,19H2,2-3H3/b13-10-. The first-order chi connectivity index (χ1) is 15.6. The number of ether oxygens (including phenoxy) is 4. The van der Waals surface area contributed by atoms with Crippen LogP contribution in [0.4, 0.5) is 0 Å². The SMILES string of the molecule is C=CCOc1ccc(OCc2ccccc2)cc1C(=O)/C=C\c1ccc(OC)c(OC)c1. The summed E-state index contributed by atoms with van der Waals surface area (Å²) in [7, 11) is 3.15. The van der Waals surface area contributed by atoms with Crippen LogP contribution in [0.15, 0.2) is 85.5 Å². The quantitative estimate of drug-likeness (QED) is 0.220. The fraction of sp³-hybridized carbons (Fsp3) is 0.148. The third kappa shape index (κ3) is 6.01. The molecule has 5 nitrogen and oxygen atoms in total. The average Bonchev–Trinajstić information content (AvgIpc) is 2.85. The molecule has 0 amide bonds. The van der Waals surface area contributed by atoms with Gasteiger partial charge in [-0.3, -0.25) is 4.79 Å². The van der Waals surface area contributed by atoms with Crippen LogP contribution >= 0.6 is 0 Å². The highest BCUT2D eigenvalue weighted by molar-refractivity contribution is 6.09. The highest BCUT2D eigenvalue weighted by Gasteiger charge is 2.13. The van der Waals surface area contributed by atoms with Gasteiger partial charge >= 0.3 is 0 Å². The van der Waals surface area contributed by atoms with E-state index in [9.17, 15) is 4.79 Å². The Labute approximate surface area is 188 Å². The Kier molecular flexibility index (Phi) is 8.09. The van der Waals surface area contributed by atoms with Crippen LogP contribution in [0.1, 0.15) is 21.5 Å². The van der Waals surface area contributed by atoms with Crippen molar-refractivity contribution < 1.29 is 23.7 Å². The van der Waals surface area contributed by atoms with Gasteiger partial charge in [-0.05, 0) is 47.5 Å². The topological polar surface area (TPSA) is 54.0 Å². The number of allylic oxidation sites excluding steroid dienone is 1. The number of benzene rings is 3. The van der Waals surface area contributed by atoms with Crippen LogP contribution in [-0.4, -0.2) is 26.6 Å². The molecule has 0 unspecified atom stereocenters. The second-order valence-corrected chi connectivity index (χ2v) is 6.84. The van der Waals surface area contributed by atoms with E-state index in [1.54, 1.807) is 56.7 Å². The molecule has 0 aliphatic carbocycles. The third-order valence-corrected chi connectivity index (χ3v) is 4.66. The molecule has 164 valence electrons. The van der Waals surface area contributed by atoms with Crippen molar-refractivity contribution in [2.24, 2.45) is 0 Å². The molecule has 0 saturated heterocycles. The van der Waals surface area contributed by atoms with E-state index < -0.39 is 0 Å². The molecule has 3 rings (SSSR count). The minimum absolute atomic E-state index is 0.205. The first-order valence-electron chi connectivity index (χ1n) is 10.1. The fourth-order valence-corrected chi connectivity index (χ4v) is 3.03. The van der Waals surface area contributed by atoms with Crippen LogP contribution in [-0.2, 0) is 6.61 Å². The predicted octanol–water partition coefficient (Wildman–Crippen LogP) is 5.74. The Morgan fingerprint density at radius 2 is 1.62 bits per heavy atom. The second-order valence-electron chi connectivity index (χ2n) is 6.84. The van der Waals surface area contributed by atoms with E-state index in [0.717, 1.165) is 11.1 Å². The van der Waals surface area contributed by atoms with Crippen LogP contribution in [0, 0.1) is 0 Å². The Bertz CT molecular complexity index is 1090. The summed E-state index contributed by atoms with van der Waals surface area (Å²) < 4.78 is 22.1. The summed E-state index contributed by atoms with van der Waals surface area (Å²) in [6.07, 6.45) is 4.85. The fourth-order valence-electron chi connectivity index (χ4n) is 3.03. The maximum absolute atomic E-state index is 13.0. The van der Waals surface area contributed by atoms with Crippen molar-refractivity contribution in [3.8, 4) is 23.0 Å². The van der Waals surface area contributed by atoms with Gasteiger partial charge in [-0.25, -0.2) is 0 Å². The molecule has 0 fully saturated rings. The molecular weight excluding hydrogens is 404 g/mol. The molecule has 0 radical (unpaired) electrons. The van der Waals surface area contributed by atoms with E-state index in [-0.39, 0.29) is 5.78 Å². The van der Waals surface area contributed by atoms with E-state index in [0.29, 0.717) is 41.8 Å².